The van der Waals surface area contributed by atoms with Crippen LogP contribution < -0.4 is 5.73 Å². The van der Waals surface area contributed by atoms with Crippen molar-refractivity contribution in [1.82, 2.24) is 4.98 Å². The maximum atomic E-state index is 8.88. The second kappa shape index (κ2) is 3.99. The number of nitriles is 1. The van der Waals surface area contributed by atoms with Gasteiger partial charge in [-0.3, -0.25) is 0 Å². The van der Waals surface area contributed by atoms with Crippen molar-refractivity contribution in [1.29, 1.82) is 5.26 Å². The third-order valence-corrected chi connectivity index (χ3v) is 2.19. The highest BCUT2D eigenvalue weighted by molar-refractivity contribution is 5.57. The van der Waals surface area contributed by atoms with Crippen LogP contribution in [0.2, 0.25) is 0 Å². The molecule has 0 unspecified atom stereocenters. The van der Waals surface area contributed by atoms with Gasteiger partial charge in [0.2, 0.25) is 0 Å². The molecule has 0 saturated carbocycles. The van der Waals surface area contributed by atoms with Crippen LogP contribution in [0.25, 0.3) is 0 Å². The van der Waals surface area contributed by atoms with Crippen molar-refractivity contribution < 1.29 is 0 Å². The smallest absolute Gasteiger partial charge is 0.119 e. The van der Waals surface area contributed by atoms with Crippen LogP contribution in [0.3, 0.4) is 0 Å². The third kappa shape index (κ3) is 1.67. The van der Waals surface area contributed by atoms with Crippen molar-refractivity contribution >= 4 is 5.82 Å². The Morgan fingerprint density at radius 3 is 2.62 bits per heavy atom. The molecule has 1 rings (SSSR count). The summed E-state index contributed by atoms with van der Waals surface area (Å²) >= 11 is 0. The van der Waals surface area contributed by atoms with Gasteiger partial charge in [-0.25, -0.2) is 0 Å². The molecule has 70 valence electrons. The molecule has 0 fully saturated rings. The Hall–Kier alpha value is -1.43. The molecule has 1 aromatic rings. The van der Waals surface area contributed by atoms with E-state index >= 15 is 0 Å². The largest absolute Gasteiger partial charge is 0.384 e. The van der Waals surface area contributed by atoms with E-state index in [-0.39, 0.29) is 0 Å². The number of nitrogen functional groups attached to an aromatic ring is 1. The standard InChI is InChI=1S/C10H15N3/c1-3-5-7-8(6-11)10(12)13-9(7)4-2/h13H,3-5,12H2,1-2H3. The lowest BCUT2D eigenvalue weighted by Crippen LogP contribution is -1.91. The number of rotatable bonds is 3. The van der Waals surface area contributed by atoms with Crippen LogP contribution in [0.4, 0.5) is 5.82 Å². The lowest BCUT2D eigenvalue weighted by molar-refractivity contribution is 0.892. The highest BCUT2D eigenvalue weighted by Crippen LogP contribution is 2.22. The van der Waals surface area contributed by atoms with Gasteiger partial charge in [0, 0.05) is 5.69 Å². The molecular weight excluding hydrogens is 162 g/mol. The molecule has 0 saturated heterocycles. The number of nitrogens with one attached hydrogen (secondary N) is 1. The number of hydrogen-bond acceptors (Lipinski definition) is 2. The fourth-order valence-electron chi connectivity index (χ4n) is 1.57. The molecule has 0 aromatic carbocycles. The zero-order chi connectivity index (χ0) is 9.84. The van der Waals surface area contributed by atoms with Crippen molar-refractivity contribution in [3.63, 3.8) is 0 Å². The average molecular weight is 177 g/mol. The molecule has 0 bridgehead atoms. The lowest BCUT2D eigenvalue weighted by Gasteiger charge is -1.98. The van der Waals surface area contributed by atoms with E-state index in [1.54, 1.807) is 0 Å². The van der Waals surface area contributed by atoms with Crippen LogP contribution in [-0.2, 0) is 12.8 Å². The normalized spacial score (nSPS) is 9.92. The van der Waals surface area contributed by atoms with E-state index in [0.29, 0.717) is 11.4 Å². The van der Waals surface area contributed by atoms with Crippen LogP contribution in [0.5, 0.6) is 0 Å². The number of hydrogen-bond donors (Lipinski definition) is 2. The van der Waals surface area contributed by atoms with E-state index in [0.717, 1.165) is 30.5 Å². The van der Waals surface area contributed by atoms with E-state index in [2.05, 4.69) is 24.9 Å². The Kier molecular flexibility index (Phi) is 2.97. The molecule has 3 heteroatoms. The molecule has 0 amide bonds. The Morgan fingerprint density at radius 1 is 1.46 bits per heavy atom. The minimum absolute atomic E-state index is 0.516. The second-order valence-corrected chi connectivity index (χ2v) is 3.09. The fourth-order valence-corrected chi connectivity index (χ4v) is 1.57. The van der Waals surface area contributed by atoms with Gasteiger partial charge in [0.15, 0.2) is 0 Å². The number of nitrogens with two attached hydrogens (primary N) is 1. The van der Waals surface area contributed by atoms with Gasteiger partial charge in [-0.05, 0) is 18.4 Å². The van der Waals surface area contributed by atoms with Gasteiger partial charge < -0.3 is 10.7 Å². The summed E-state index contributed by atoms with van der Waals surface area (Å²) in [6.45, 7) is 4.16. The second-order valence-electron chi connectivity index (χ2n) is 3.09. The fraction of sp³-hybridized carbons (Fsp3) is 0.500. The Morgan fingerprint density at radius 2 is 2.15 bits per heavy atom. The molecule has 13 heavy (non-hydrogen) atoms. The summed E-state index contributed by atoms with van der Waals surface area (Å²) in [6, 6.07) is 2.15. The number of aryl methyl sites for hydroxylation is 1. The molecule has 0 radical (unpaired) electrons. The van der Waals surface area contributed by atoms with Crippen LogP contribution in [-0.4, -0.2) is 4.98 Å². The summed E-state index contributed by atoms with van der Waals surface area (Å²) in [4.78, 5) is 3.05. The predicted octanol–water partition coefficient (Wildman–Crippen LogP) is 1.98. The summed E-state index contributed by atoms with van der Waals surface area (Å²) in [5, 5.41) is 8.88. The van der Waals surface area contributed by atoms with Gasteiger partial charge >= 0.3 is 0 Å². The van der Waals surface area contributed by atoms with Crippen LogP contribution in [0.1, 0.15) is 37.1 Å². The molecule has 0 spiro atoms. The van der Waals surface area contributed by atoms with E-state index in [4.69, 9.17) is 11.0 Å². The molecular formula is C10H15N3. The van der Waals surface area contributed by atoms with E-state index < -0.39 is 0 Å². The zero-order valence-electron chi connectivity index (χ0n) is 8.15. The molecule has 0 atom stereocenters. The number of aromatic nitrogens is 1. The van der Waals surface area contributed by atoms with Crippen molar-refractivity contribution in [2.75, 3.05) is 5.73 Å². The predicted molar refractivity (Wildman–Crippen MR) is 53.3 cm³/mol. The summed E-state index contributed by atoms with van der Waals surface area (Å²) in [6.07, 6.45) is 2.87. The van der Waals surface area contributed by atoms with Crippen molar-refractivity contribution in [3.8, 4) is 6.07 Å². The van der Waals surface area contributed by atoms with E-state index in [1.165, 1.54) is 0 Å². The monoisotopic (exact) mass is 177 g/mol. The number of aromatic amines is 1. The zero-order valence-corrected chi connectivity index (χ0v) is 8.15. The minimum Gasteiger partial charge on any atom is -0.384 e. The molecule has 0 aliphatic rings. The maximum absolute atomic E-state index is 8.88. The van der Waals surface area contributed by atoms with E-state index in [9.17, 15) is 0 Å². The first kappa shape index (κ1) is 9.66. The van der Waals surface area contributed by atoms with Crippen LogP contribution >= 0.6 is 0 Å². The number of anilines is 1. The molecule has 1 heterocycles. The maximum Gasteiger partial charge on any atom is 0.119 e. The summed E-state index contributed by atoms with van der Waals surface area (Å²) in [5.74, 6) is 0.516. The molecule has 1 aromatic heterocycles. The van der Waals surface area contributed by atoms with Crippen molar-refractivity contribution in [2.45, 2.75) is 33.1 Å². The van der Waals surface area contributed by atoms with Gasteiger partial charge in [0.1, 0.15) is 11.9 Å². The van der Waals surface area contributed by atoms with Gasteiger partial charge in [0.25, 0.3) is 0 Å². The Balaban J connectivity index is 3.17. The first-order valence-corrected chi connectivity index (χ1v) is 4.63. The average Bonchev–Trinajstić information content (AvgIpc) is 2.43. The third-order valence-electron chi connectivity index (χ3n) is 2.19. The number of H-pyrrole nitrogens is 1. The number of nitrogens with zero attached hydrogens (tertiary/aromatic N) is 1. The lowest BCUT2D eigenvalue weighted by atomic mass is 10.0. The first-order valence-electron chi connectivity index (χ1n) is 4.63. The quantitative estimate of drug-likeness (QED) is 0.741. The summed E-state index contributed by atoms with van der Waals surface area (Å²) in [7, 11) is 0. The van der Waals surface area contributed by atoms with Crippen LogP contribution in [0.15, 0.2) is 0 Å². The van der Waals surface area contributed by atoms with Crippen molar-refractivity contribution in [2.24, 2.45) is 0 Å². The summed E-state index contributed by atoms with van der Waals surface area (Å²) in [5.41, 5.74) is 8.53. The van der Waals surface area contributed by atoms with Gasteiger partial charge in [0.05, 0.1) is 5.56 Å². The molecule has 3 N–H and O–H groups in total. The Labute approximate surface area is 78.6 Å². The van der Waals surface area contributed by atoms with Gasteiger partial charge in [-0.2, -0.15) is 5.26 Å². The first-order chi connectivity index (χ1) is 6.24. The molecule has 3 nitrogen and oxygen atoms in total. The highest BCUT2D eigenvalue weighted by Gasteiger charge is 2.12. The van der Waals surface area contributed by atoms with Gasteiger partial charge in [-0.15, -0.1) is 0 Å². The minimum atomic E-state index is 0.516. The topological polar surface area (TPSA) is 65.6 Å². The SMILES string of the molecule is CCCc1c(CC)[nH]c(N)c1C#N. The summed E-state index contributed by atoms with van der Waals surface area (Å²) < 4.78 is 0. The highest BCUT2D eigenvalue weighted by atomic mass is 14.9. The van der Waals surface area contributed by atoms with Crippen molar-refractivity contribution in [3.05, 3.63) is 16.8 Å². The van der Waals surface area contributed by atoms with Gasteiger partial charge in [-0.1, -0.05) is 20.3 Å². The van der Waals surface area contributed by atoms with E-state index in [1.807, 2.05) is 0 Å². The van der Waals surface area contributed by atoms with Crippen LogP contribution in [0, 0.1) is 11.3 Å². The molecule has 0 aliphatic heterocycles. The Bertz CT molecular complexity index is 331. The molecule has 0 aliphatic carbocycles.